The van der Waals surface area contributed by atoms with E-state index in [-0.39, 0.29) is 29.7 Å². The average Bonchev–Trinajstić information content (AvgIpc) is 2.95. The van der Waals surface area contributed by atoms with E-state index >= 15 is 0 Å². The third-order valence-corrected chi connectivity index (χ3v) is 6.27. The maximum atomic E-state index is 13.5. The molecular formula is C24H31F6N5O2. The maximum Gasteiger partial charge on any atom is 0.416 e. The number of imidazole rings is 1. The van der Waals surface area contributed by atoms with Crippen molar-refractivity contribution < 1.29 is 36.3 Å². The summed E-state index contributed by atoms with van der Waals surface area (Å²) in [5, 5.41) is 14.2. The Kier molecular flexibility index (Phi) is 8.02. The Balaban J connectivity index is 2.18. The van der Waals surface area contributed by atoms with E-state index in [0.29, 0.717) is 43.9 Å². The van der Waals surface area contributed by atoms with E-state index in [4.69, 9.17) is 0 Å². The lowest BCUT2D eigenvalue weighted by molar-refractivity contribution is -0.175. The van der Waals surface area contributed by atoms with Gasteiger partial charge in [-0.1, -0.05) is 20.8 Å². The first-order chi connectivity index (χ1) is 16.9. The Morgan fingerprint density at radius 3 is 2.14 bits per heavy atom. The normalized spacial score (nSPS) is 16.5. The molecule has 206 valence electrons. The Morgan fingerprint density at radius 1 is 1.08 bits per heavy atom. The van der Waals surface area contributed by atoms with Crippen LogP contribution in [0.25, 0.3) is 11.4 Å². The molecular weight excluding hydrogens is 504 g/mol. The lowest BCUT2D eigenvalue weighted by Crippen LogP contribution is -2.51. The van der Waals surface area contributed by atoms with Crippen molar-refractivity contribution in [2.75, 3.05) is 20.6 Å². The average molecular weight is 536 g/mol. The number of fused-ring (bicyclic) bond motifs is 1. The minimum atomic E-state index is -5.00. The number of aromatic nitrogens is 2. The molecule has 0 fully saturated rings. The van der Waals surface area contributed by atoms with Gasteiger partial charge < -0.3 is 20.0 Å². The van der Waals surface area contributed by atoms with Gasteiger partial charge in [-0.3, -0.25) is 4.79 Å². The standard InChI is InChI=1S/C24H31F6N5O2/c1-22(2,3)19(21(36)31-4)35(37)12-17-18-13-33(5)7-6-8-34(18)20(32-17)14-9-15(23(25,26)27)11-16(10-14)24(28,29)30/h9-11,19,37H,6-8,12-13H2,1-5H3,(H,31,36)/t19-/m1/s1. The van der Waals surface area contributed by atoms with Gasteiger partial charge >= 0.3 is 12.4 Å². The molecule has 1 aliphatic rings. The topological polar surface area (TPSA) is 73.6 Å². The van der Waals surface area contributed by atoms with Gasteiger partial charge in [0, 0.05) is 25.7 Å². The van der Waals surface area contributed by atoms with E-state index in [1.54, 1.807) is 25.3 Å². The molecule has 1 atom stereocenters. The summed E-state index contributed by atoms with van der Waals surface area (Å²) in [5.41, 5.74) is -3.09. The Bertz CT molecular complexity index is 1100. The van der Waals surface area contributed by atoms with Crippen molar-refractivity contribution in [3.8, 4) is 11.4 Å². The van der Waals surface area contributed by atoms with Gasteiger partial charge in [-0.2, -0.15) is 31.4 Å². The van der Waals surface area contributed by atoms with Crippen LogP contribution in [-0.4, -0.2) is 57.3 Å². The molecule has 0 radical (unpaired) electrons. The predicted octanol–water partition coefficient (Wildman–Crippen LogP) is 4.78. The van der Waals surface area contributed by atoms with Gasteiger partial charge in [0.1, 0.15) is 11.9 Å². The fourth-order valence-electron chi connectivity index (χ4n) is 4.58. The number of amides is 1. The number of halogens is 6. The molecule has 2 N–H and O–H groups in total. The minimum absolute atomic E-state index is 0.0578. The SMILES string of the molecule is CNC(=O)[C@@H](N(O)Cc1nc(-c2cc(C(F)(F)F)cc(C(F)(F)F)c2)n2c1CN(C)CCC2)C(C)(C)C. The summed E-state index contributed by atoms with van der Waals surface area (Å²) < 4.78 is 82.7. The smallest absolute Gasteiger partial charge is 0.358 e. The second-order valence-electron chi connectivity index (χ2n) is 10.3. The highest BCUT2D eigenvalue weighted by Gasteiger charge is 2.39. The van der Waals surface area contributed by atoms with Crippen molar-refractivity contribution >= 4 is 5.91 Å². The van der Waals surface area contributed by atoms with Crippen molar-refractivity contribution in [3.05, 3.63) is 40.7 Å². The second kappa shape index (κ2) is 10.3. The fraction of sp³-hybridized carbons (Fsp3) is 0.583. The van der Waals surface area contributed by atoms with Crippen LogP contribution in [0.5, 0.6) is 0 Å². The van der Waals surface area contributed by atoms with E-state index in [1.165, 1.54) is 7.05 Å². The molecule has 1 amide bonds. The highest BCUT2D eigenvalue weighted by Crippen LogP contribution is 2.39. The molecule has 1 aliphatic heterocycles. The second-order valence-corrected chi connectivity index (χ2v) is 10.3. The number of carbonyl (C=O) groups is 1. The summed E-state index contributed by atoms with van der Waals surface area (Å²) in [4.78, 5) is 18.9. The zero-order chi connectivity index (χ0) is 27.9. The first kappa shape index (κ1) is 28.9. The first-order valence-corrected chi connectivity index (χ1v) is 11.7. The van der Waals surface area contributed by atoms with Crippen LogP contribution >= 0.6 is 0 Å². The molecule has 0 spiro atoms. The molecule has 0 saturated heterocycles. The molecule has 1 aromatic carbocycles. The molecule has 2 aromatic rings. The van der Waals surface area contributed by atoms with Crippen LogP contribution in [-0.2, 0) is 36.8 Å². The Hall–Kier alpha value is -2.64. The number of likely N-dealkylation sites (N-methyl/N-ethyl adjacent to an activating group) is 1. The molecule has 2 heterocycles. The van der Waals surface area contributed by atoms with Crippen molar-refractivity contribution in [1.29, 1.82) is 0 Å². The lowest BCUT2D eigenvalue weighted by Gasteiger charge is -2.34. The summed E-state index contributed by atoms with van der Waals surface area (Å²) in [6, 6.07) is 0.398. The van der Waals surface area contributed by atoms with Crippen LogP contribution in [0.4, 0.5) is 26.3 Å². The van der Waals surface area contributed by atoms with Crippen molar-refractivity contribution in [1.82, 2.24) is 24.8 Å². The number of benzene rings is 1. The van der Waals surface area contributed by atoms with E-state index in [1.807, 2.05) is 11.9 Å². The van der Waals surface area contributed by atoms with Gasteiger partial charge in [0.15, 0.2) is 0 Å². The third-order valence-electron chi connectivity index (χ3n) is 6.27. The molecule has 13 heteroatoms. The van der Waals surface area contributed by atoms with E-state index in [2.05, 4.69) is 10.3 Å². The predicted molar refractivity (Wildman–Crippen MR) is 123 cm³/mol. The highest BCUT2D eigenvalue weighted by molar-refractivity contribution is 5.82. The molecule has 0 unspecified atom stereocenters. The molecule has 1 aromatic heterocycles. The molecule has 0 aliphatic carbocycles. The van der Waals surface area contributed by atoms with E-state index < -0.39 is 40.8 Å². The highest BCUT2D eigenvalue weighted by atomic mass is 19.4. The van der Waals surface area contributed by atoms with Gasteiger partial charge in [-0.25, -0.2) is 4.98 Å². The van der Waals surface area contributed by atoms with Crippen LogP contribution in [0.1, 0.15) is 49.7 Å². The Labute approximate surface area is 211 Å². The van der Waals surface area contributed by atoms with Gasteiger partial charge in [-0.05, 0) is 43.6 Å². The number of nitrogens with zero attached hydrogens (tertiary/aromatic N) is 4. The van der Waals surface area contributed by atoms with Crippen molar-refractivity contribution in [2.24, 2.45) is 5.41 Å². The lowest BCUT2D eigenvalue weighted by atomic mass is 9.85. The number of hydrogen-bond acceptors (Lipinski definition) is 5. The zero-order valence-corrected chi connectivity index (χ0v) is 21.3. The van der Waals surface area contributed by atoms with Crippen LogP contribution in [0.2, 0.25) is 0 Å². The van der Waals surface area contributed by atoms with Gasteiger partial charge in [0.25, 0.3) is 0 Å². The molecule has 37 heavy (non-hydrogen) atoms. The number of carbonyl (C=O) groups excluding carboxylic acids is 1. The van der Waals surface area contributed by atoms with Crippen molar-refractivity contribution in [3.63, 3.8) is 0 Å². The number of hydroxylamine groups is 2. The number of hydrogen-bond donors (Lipinski definition) is 2. The van der Waals surface area contributed by atoms with E-state index in [0.717, 1.165) is 5.06 Å². The van der Waals surface area contributed by atoms with E-state index in [9.17, 15) is 36.3 Å². The van der Waals surface area contributed by atoms with Gasteiger partial charge in [0.05, 0.1) is 29.1 Å². The molecule has 3 rings (SSSR count). The minimum Gasteiger partial charge on any atom is -0.358 e. The Morgan fingerprint density at radius 2 is 1.65 bits per heavy atom. The fourth-order valence-corrected chi connectivity index (χ4v) is 4.58. The van der Waals surface area contributed by atoms with Crippen LogP contribution < -0.4 is 5.32 Å². The third kappa shape index (κ3) is 6.44. The monoisotopic (exact) mass is 535 g/mol. The molecule has 7 nitrogen and oxygen atoms in total. The number of rotatable bonds is 5. The van der Waals surface area contributed by atoms with Gasteiger partial charge in [-0.15, -0.1) is 0 Å². The summed E-state index contributed by atoms with van der Waals surface area (Å²) in [6.07, 6.45) is -9.41. The van der Waals surface area contributed by atoms with Crippen LogP contribution in [0.3, 0.4) is 0 Å². The number of alkyl halides is 6. The maximum absolute atomic E-state index is 13.5. The largest absolute Gasteiger partial charge is 0.416 e. The summed E-state index contributed by atoms with van der Waals surface area (Å²) in [6.45, 7) is 6.26. The van der Waals surface area contributed by atoms with Crippen molar-refractivity contribution in [2.45, 2.75) is 65.2 Å². The van der Waals surface area contributed by atoms with Crippen LogP contribution in [0, 0.1) is 5.41 Å². The first-order valence-electron chi connectivity index (χ1n) is 11.7. The summed E-state index contributed by atoms with van der Waals surface area (Å²) >= 11 is 0. The van der Waals surface area contributed by atoms with Gasteiger partial charge in [0.2, 0.25) is 5.91 Å². The molecule has 0 bridgehead atoms. The number of nitrogens with one attached hydrogen (secondary N) is 1. The summed E-state index contributed by atoms with van der Waals surface area (Å²) in [5.74, 6) is -0.511. The van der Waals surface area contributed by atoms with Crippen LogP contribution in [0.15, 0.2) is 18.2 Å². The summed E-state index contributed by atoms with van der Waals surface area (Å²) in [7, 11) is 3.26. The molecule has 0 saturated carbocycles. The zero-order valence-electron chi connectivity index (χ0n) is 21.3. The quantitative estimate of drug-likeness (QED) is 0.426.